The van der Waals surface area contributed by atoms with Crippen molar-refractivity contribution in [2.45, 2.75) is 5.62 Å². The van der Waals surface area contributed by atoms with Crippen LogP contribution in [0.1, 0.15) is 11.3 Å². The fourth-order valence-electron chi connectivity index (χ4n) is 1.32. The second-order valence-electron chi connectivity index (χ2n) is 3.46. The number of pyridine rings is 1. The second-order valence-corrected chi connectivity index (χ2v) is 3.46. The quantitative estimate of drug-likeness (QED) is 0.674. The first-order chi connectivity index (χ1) is 8.04. The maximum atomic E-state index is 10.1. The van der Waals surface area contributed by atoms with Crippen LogP contribution in [0.4, 0.5) is 5.82 Å². The number of aromatic nitrogens is 3. The summed E-state index contributed by atoms with van der Waals surface area (Å²) in [6.45, 7) is 0. The van der Waals surface area contributed by atoms with Gasteiger partial charge in [0.2, 0.25) is 0 Å². The van der Waals surface area contributed by atoms with Crippen LogP contribution in [-0.4, -0.2) is 27.7 Å². The molecule has 0 saturated carbocycles. The summed E-state index contributed by atoms with van der Waals surface area (Å²) in [6.07, 6.45) is 2.76. The van der Waals surface area contributed by atoms with Crippen molar-refractivity contribution in [3.8, 4) is 6.07 Å². The largest absolute Gasteiger partial charge is 0.382 e. The van der Waals surface area contributed by atoms with Crippen LogP contribution in [-0.2, 0) is 5.62 Å². The summed E-state index contributed by atoms with van der Waals surface area (Å²) < 4.78 is 1.09. The van der Waals surface area contributed by atoms with E-state index in [4.69, 9.17) is 18.8 Å². The molecule has 0 aromatic carbocycles. The van der Waals surface area contributed by atoms with Gasteiger partial charge in [-0.1, -0.05) is 0 Å². The Morgan fingerprint density at radius 3 is 2.71 bits per heavy atom. The monoisotopic (exact) mass is 225 g/mol. The van der Waals surface area contributed by atoms with Crippen LogP contribution in [0.15, 0.2) is 30.6 Å². The molecule has 6 nitrogen and oxygen atoms in total. The van der Waals surface area contributed by atoms with E-state index < -0.39 is 5.62 Å². The van der Waals surface area contributed by atoms with Gasteiger partial charge in [0.05, 0.1) is 11.3 Å². The second kappa shape index (κ2) is 3.92. The van der Waals surface area contributed by atoms with Crippen molar-refractivity contribution in [3.63, 3.8) is 0 Å². The Hall–Kier alpha value is -2.33. The fourth-order valence-corrected chi connectivity index (χ4v) is 1.32. The molecular formula is C10H8BN5O. The van der Waals surface area contributed by atoms with Gasteiger partial charge in [-0.15, -0.1) is 0 Å². The summed E-state index contributed by atoms with van der Waals surface area (Å²) in [5.74, 6) is 0.238. The zero-order valence-corrected chi connectivity index (χ0v) is 8.78. The molecule has 7 heteroatoms. The molecule has 2 aromatic heterocycles. The molecule has 1 atom stereocenters. The van der Waals surface area contributed by atoms with Gasteiger partial charge in [-0.3, -0.25) is 4.98 Å². The van der Waals surface area contributed by atoms with Crippen LogP contribution in [0, 0.1) is 11.3 Å². The van der Waals surface area contributed by atoms with Gasteiger partial charge < -0.3 is 10.8 Å². The van der Waals surface area contributed by atoms with Crippen LogP contribution in [0.2, 0.25) is 0 Å². The van der Waals surface area contributed by atoms with Crippen LogP contribution in [0.25, 0.3) is 0 Å². The minimum Gasteiger partial charge on any atom is -0.382 e. The molecule has 0 amide bonds. The molecule has 0 saturated heterocycles. The Kier molecular flexibility index (Phi) is 2.58. The summed E-state index contributed by atoms with van der Waals surface area (Å²) in [5, 5.41) is 22.6. The van der Waals surface area contributed by atoms with Gasteiger partial charge in [0.15, 0.2) is 13.5 Å². The molecule has 17 heavy (non-hydrogen) atoms. The van der Waals surface area contributed by atoms with Crippen molar-refractivity contribution >= 4 is 13.7 Å². The number of hydrogen-bond acceptors (Lipinski definition) is 5. The predicted octanol–water partition coefficient (Wildman–Crippen LogP) is -0.449. The first-order valence-electron chi connectivity index (χ1n) is 4.73. The van der Waals surface area contributed by atoms with E-state index in [0.29, 0.717) is 5.56 Å². The molecule has 0 fully saturated rings. The summed E-state index contributed by atoms with van der Waals surface area (Å²) in [7, 11) is 5.72. The van der Waals surface area contributed by atoms with E-state index >= 15 is 0 Å². The minimum absolute atomic E-state index is 0.166. The molecule has 0 aliphatic rings. The summed E-state index contributed by atoms with van der Waals surface area (Å²) in [6, 6.07) is 6.39. The zero-order valence-electron chi connectivity index (χ0n) is 8.78. The van der Waals surface area contributed by atoms with Crippen molar-refractivity contribution in [1.82, 2.24) is 14.8 Å². The summed E-state index contributed by atoms with van der Waals surface area (Å²) in [5.41, 5.74) is 4.09. The van der Waals surface area contributed by atoms with Crippen LogP contribution in [0.5, 0.6) is 0 Å². The van der Waals surface area contributed by atoms with Gasteiger partial charge in [-0.25, -0.2) is 4.68 Å². The molecule has 1 unspecified atom stereocenters. The zero-order chi connectivity index (χ0) is 12.5. The molecule has 3 N–H and O–H groups in total. The van der Waals surface area contributed by atoms with Crippen molar-refractivity contribution in [2.75, 3.05) is 5.73 Å². The first-order valence-corrected chi connectivity index (χ1v) is 4.73. The topological polar surface area (TPSA) is 101 Å². The van der Waals surface area contributed by atoms with Crippen molar-refractivity contribution < 1.29 is 5.11 Å². The van der Waals surface area contributed by atoms with E-state index in [-0.39, 0.29) is 11.5 Å². The lowest BCUT2D eigenvalue weighted by Gasteiger charge is -2.23. The smallest absolute Gasteiger partial charge is 0.156 e. The van der Waals surface area contributed by atoms with Gasteiger partial charge in [0, 0.05) is 18.5 Å². The molecule has 0 aliphatic heterocycles. The van der Waals surface area contributed by atoms with E-state index in [2.05, 4.69) is 10.1 Å². The van der Waals surface area contributed by atoms with Crippen molar-refractivity contribution in [2.24, 2.45) is 0 Å². The van der Waals surface area contributed by atoms with E-state index in [9.17, 15) is 5.11 Å². The van der Waals surface area contributed by atoms with Gasteiger partial charge in [-0.05, 0) is 12.1 Å². The molecule has 0 bridgehead atoms. The number of hydrogen-bond donors (Lipinski definition) is 2. The third-order valence-electron chi connectivity index (χ3n) is 2.23. The number of nitriles is 1. The molecule has 0 spiro atoms. The van der Waals surface area contributed by atoms with Gasteiger partial charge in [-0.2, -0.15) is 10.4 Å². The Balaban J connectivity index is 2.41. The highest BCUT2D eigenvalue weighted by atomic mass is 16.3. The minimum atomic E-state index is -1.90. The average molecular weight is 225 g/mol. The molecule has 2 rings (SSSR count). The third-order valence-corrected chi connectivity index (χ3v) is 2.23. The lowest BCUT2D eigenvalue weighted by atomic mass is 9.87. The standard InChI is InChI=1S/C10H8BN5O/c11-10(17,16-4-3-9(13)15-16)8-2-1-7(5-12)6-14-8/h1-4,6,17H,(H2,13,15). The highest BCUT2D eigenvalue weighted by Crippen LogP contribution is 2.17. The Morgan fingerprint density at radius 1 is 1.47 bits per heavy atom. The highest BCUT2D eigenvalue weighted by Gasteiger charge is 2.26. The lowest BCUT2D eigenvalue weighted by molar-refractivity contribution is 0.0774. The number of rotatable bonds is 2. The molecule has 2 heterocycles. The maximum Gasteiger partial charge on any atom is 0.156 e. The van der Waals surface area contributed by atoms with Crippen LogP contribution < -0.4 is 5.73 Å². The van der Waals surface area contributed by atoms with Crippen LogP contribution in [0.3, 0.4) is 0 Å². The number of anilines is 1. The predicted molar refractivity (Wildman–Crippen MR) is 60.6 cm³/mol. The Labute approximate surface area is 98.7 Å². The van der Waals surface area contributed by atoms with E-state index in [1.54, 1.807) is 0 Å². The van der Waals surface area contributed by atoms with E-state index in [1.807, 2.05) is 6.07 Å². The van der Waals surface area contributed by atoms with Gasteiger partial charge >= 0.3 is 0 Å². The molecule has 2 radical (unpaired) electrons. The summed E-state index contributed by atoms with van der Waals surface area (Å²) >= 11 is 0. The highest BCUT2D eigenvalue weighted by molar-refractivity contribution is 6.14. The Bertz CT molecular complexity index is 569. The molecule has 82 valence electrons. The van der Waals surface area contributed by atoms with Crippen molar-refractivity contribution in [1.29, 1.82) is 5.26 Å². The summed E-state index contributed by atoms with van der Waals surface area (Å²) in [4.78, 5) is 3.91. The molecule has 2 aromatic rings. The number of nitrogens with zero attached hydrogens (tertiary/aromatic N) is 4. The normalized spacial score (nSPS) is 13.9. The lowest BCUT2D eigenvalue weighted by Crippen LogP contribution is -2.36. The van der Waals surface area contributed by atoms with Crippen molar-refractivity contribution in [3.05, 3.63) is 41.9 Å². The van der Waals surface area contributed by atoms with E-state index in [1.165, 1.54) is 30.6 Å². The number of aliphatic hydroxyl groups is 1. The fraction of sp³-hybridized carbons (Fsp3) is 0.100. The number of nitrogens with two attached hydrogens (primary N) is 1. The third kappa shape index (κ3) is 1.98. The maximum absolute atomic E-state index is 10.1. The molecular weight excluding hydrogens is 217 g/mol. The van der Waals surface area contributed by atoms with E-state index in [0.717, 1.165) is 4.68 Å². The number of nitrogen functional groups attached to an aromatic ring is 1. The Morgan fingerprint density at radius 2 is 2.24 bits per heavy atom. The van der Waals surface area contributed by atoms with Gasteiger partial charge in [0.25, 0.3) is 0 Å². The first kappa shape index (κ1) is 11.2. The average Bonchev–Trinajstić information content (AvgIpc) is 2.77. The van der Waals surface area contributed by atoms with Gasteiger partial charge in [0.1, 0.15) is 11.9 Å². The SMILES string of the molecule is [B]C(O)(c1ccc(C#N)cn1)n1ccc(N)n1. The molecule has 0 aliphatic carbocycles. The van der Waals surface area contributed by atoms with Crippen LogP contribution >= 0.6 is 0 Å².